The molecule has 0 radical (unpaired) electrons. The summed E-state index contributed by atoms with van der Waals surface area (Å²) >= 11 is 5.42. The van der Waals surface area contributed by atoms with E-state index in [1.54, 1.807) is 12.1 Å². The number of aryl methyl sites for hydroxylation is 3. The predicted molar refractivity (Wildman–Crippen MR) is 113 cm³/mol. The summed E-state index contributed by atoms with van der Waals surface area (Å²) in [5.41, 5.74) is 4.91. The molecule has 0 saturated carbocycles. The van der Waals surface area contributed by atoms with Gasteiger partial charge in [0.25, 0.3) is 0 Å². The van der Waals surface area contributed by atoms with E-state index < -0.39 is 0 Å². The van der Waals surface area contributed by atoms with Gasteiger partial charge < -0.3 is 10.6 Å². The summed E-state index contributed by atoms with van der Waals surface area (Å²) in [5, 5.41) is 15.9. The van der Waals surface area contributed by atoms with E-state index in [1.807, 2.05) is 42.4 Å². The molecule has 6 nitrogen and oxygen atoms in total. The molecule has 28 heavy (non-hydrogen) atoms. The number of nitrogens with one attached hydrogen (secondary N) is 2. The third-order valence-corrected chi connectivity index (χ3v) is 4.87. The Morgan fingerprint density at radius 2 is 1.86 bits per heavy atom. The Hall–Kier alpha value is -2.74. The highest BCUT2D eigenvalue weighted by Crippen LogP contribution is 2.20. The van der Waals surface area contributed by atoms with Crippen LogP contribution in [0.5, 0.6) is 0 Å². The number of halogens is 1. The van der Waals surface area contributed by atoms with Gasteiger partial charge in [0.05, 0.1) is 23.6 Å². The van der Waals surface area contributed by atoms with E-state index in [4.69, 9.17) is 12.2 Å². The molecule has 2 aromatic heterocycles. The molecular formula is C20H25FN6S. The maximum atomic E-state index is 13.1. The second-order valence-electron chi connectivity index (χ2n) is 6.76. The molecule has 2 N–H and O–H groups in total. The number of aromatic nitrogens is 4. The summed E-state index contributed by atoms with van der Waals surface area (Å²) in [5.74, 6) is -0.237. The summed E-state index contributed by atoms with van der Waals surface area (Å²) in [6.45, 7) is 8.17. The molecule has 0 aliphatic heterocycles. The average Bonchev–Trinajstić information content (AvgIpc) is 3.19. The minimum Gasteiger partial charge on any atom is -0.362 e. The lowest BCUT2D eigenvalue weighted by molar-refractivity contribution is 0.561. The van der Waals surface area contributed by atoms with Gasteiger partial charge in [0.1, 0.15) is 5.82 Å². The van der Waals surface area contributed by atoms with E-state index in [0.29, 0.717) is 11.7 Å². The zero-order chi connectivity index (χ0) is 20.1. The first kappa shape index (κ1) is 20.0. The molecule has 3 aromatic rings. The van der Waals surface area contributed by atoms with Crippen LogP contribution >= 0.6 is 12.2 Å². The van der Waals surface area contributed by atoms with Crippen LogP contribution in [-0.2, 0) is 13.1 Å². The molecule has 148 valence electrons. The summed E-state index contributed by atoms with van der Waals surface area (Å²) < 4.78 is 17.0. The molecule has 0 spiro atoms. The number of benzene rings is 1. The summed E-state index contributed by atoms with van der Waals surface area (Å²) in [4.78, 5) is 0. The Morgan fingerprint density at radius 3 is 2.54 bits per heavy atom. The van der Waals surface area contributed by atoms with E-state index in [-0.39, 0.29) is 5.82 Å². The first-order chi connectivity index (χ1) is 13.4. The number of rotatable bonds is 7. The number of anilines is 1. The van der Waals surface area contributed by atoms with Crippen molar-refractivity contribution in [3.8, 4) is 0 Å². The second-order valence-corrected chi connectivity index (χ2v) is 7.17. The van der Waals surface area contributed by atoms with Crippen molar-refractivity contribution in [3.63, 3.8) is 0 Å². The SMILES string of the molecule is Cc1nn(Cc2ccc(F)cc2)c(C)c1NC(=S)NCCCn1nccc1C. The first-order valence-electron chi connectivity index (χ1n) is 9.26. The summed E-state index contributed by atoms with van der Waals surface area (Å²) in [7, 11) is 0. The van der Waals surface area contributed by atoms with Crippen molar-refractivity contribution in [3.05, 3.63) is 65.0 Å². The standard InChI is InChI=1S/C20H25FN6S/c1-14-9-11-23-26(14)12-4-10-22-20(28)24-19-15(2)25-27(16(19)3)13-17-5-7-18(21)8-6-17/h5-9,11H,4,10,12-13H2,1-3H3,(H2,22,24,28). The molecule has 0 unspecified atom stereocenters. The van der Waals surface area contributed by atoms with E-state index in [2.05, 4.69) is 20.8 Å². The molecule has 1 aromatic carbocycles. The minimum absolute atomic E-state index is 0.237. The van der Waals surface area contributed by atoms with Gasteiger partial charge in [-0.05, 0) is 63.2 Å². The Labute approximate surface area is 169 Å². The zero-order valence-corrected chi connectivity index (χ0v) is 17.2. The van der Waals surface area contributed by atoms with Crippen molar-refractivity contribution in [1.29, 1.82) is 0 Å². The highest BCUT2D eigenvalue weighted by Gasteiger charge is 2.13. The van der Waals surface area contributed by atoms with Crippen molar-refractivity contribution in [1.82, 2.24) is 24.9 Å². The van der Waals surface area contributed by atoms with Crippen molar-refractivity contribution in [2.75, 3.05) is 11.9 Å². The molecule has 0 fully saturated rings. The quantitative estimate of drug-likeness (QED) is 0.469. The predicted octanol–water partition coefficient (Wildman–Crippen LogP) is 3.57. The molecule has 8 heteroatoms. The fourth-order valence-electron chi connectivity index (χ4n) is 3.02. The van der Waals surface area contributed by atoms with Crippen LogP contribution in [-0.4, -0.2) is 31.2 Å². The van der Waals surface area contributed by atoms with Gasteiger partial charge in [0.2, 0.25) is 0 Å². The van der Waals surface area contributed by atoms with E-state index in [9.17, 15) is 4.39 Å². The van der Waals surface area contributed by atoms with Gasteiger partial charge in [0.15, 0.2) is 5.11 Å². The maximum Gasteiger partial charge on any atom is 0.170 e. The monoisotopic (exact) mass is 400 g/mol. The number of hydrogen-bond donors (Lipinski definition) is 2. The molecule has 0 saturated heterocycles. The van der Waals surface area contributed by atoms with Crippen LogP contribution in [0.3, 0.4) is 0 Å². The molecular weight excluding hydrogens is 375 g/mol. The molecule has 0 aliphatic carbocycles. The van der Waals surface area contributed by atoms with E-state index >= 15 is 0 Å². The van der Waals surface area contributed by atoms with E-state index in [0.717, 1.165) is 47.8 Å². The lowest BCUT2D eigenvalue weighted by Gasteiger charge is -2.12. The zero-order valence-electron chi connectivity index (χ0n) is 16.4. The van der Waals surface area contributed by atoms with Crippen LogP contribution in [0.4, 0.5) is 10.1 Å². The number of nitrogens with zero attached hydrogens (tertiary/aromatic N) is 4. The Bertz CT molecular complexity index is 944. The summed E-state index contributed by atoms with van der Waals surface area (Å²) in [6, 6.07) is 8.46. The van der Waals surface area contributed by atoms with E-state index in [1.165, 1.54) is 12.1 Å². The fourth-order valence-corrected chi connectivity index (χ4v) is 3.22. The normalized spacial score (nSPS) is 10.9. The number of hydrogen-bond acceptors (Lipinski definition) is 3. The summed E-state index contributed by atoms with van der Waals surface area (Å²) in [6.07, 6.45) is 2.73. The average molecular weight is 401 g/mol. The van der Waals surface area contributed by atoms with Crippen LogP contribution < -0.4 is 10.6 Å². The largest absolute Gasteiger partial charge is 0.362 e. The molecule has 0 atom stereocenters. The van der Waals surface area contributed by atoms with Gasteiger partial charge in [-0.2, -0.15) is 10.2 Å². The van der Waals surface area contributed by atoms with Gasteiger partial charge in [-0.1, -0.05) is 12.1 Å². The smallest absolute Gasteiger partial charge is 0.170 e. The van der Waals surface area contributed by atoms with Crippen LogP contribution in [0.15, 0.2) is 36.5 Å². The molecule has 2 heterocycles. The molecule has 3 rings (SSSR count). The second kappa shape index (κ2) is 8.97. The Morgan fingerprint density at radius 1 is 1.11 bits per heavy atom. The first-order valence-corrected chi connectivity index (χ1v) is 9.66. The third-order valence-electron chi connectivity index (χ3n) is 4.63. The Balaban J connectivity index is 1.53. The minimum atomic E-state index is -0.237. The fraction of sp³-hybridized carbons (Fsp3) is 0.350. The van der Waals surface area contributed by atoms with Gasteiger partial charge in [-0.15, -0.1) is 0 Å². The van der Waals surface area contributed by atoms with Crippen molar-refractivity contribution >= 4 is 23.0 Å². The van der Waals surface area contributed by atoms with Crippen molar-refractivity contribution < 1.29 is 4.39 Å². The highest BCUT2D eigenvalue weighted by molar-refractivity contribution is 7.80. The third kappa shape index (κ3) is 4.95. The van der Waals surface area contributed by atoms with Crippen molar-refractivity contribution in [2.45, 2.75) is 40.3 Å². The van der Waals surface area contributed by atoms with Crippen LogP contribution in [0.25, 0.3) is 0 Å². The van der Waals surface area contributed by atoms with Gasteiger partial charge in [-0.3, -0.25) is 9.36 Å². The highest BCUT2D eigenvalue weighted by atomic mass is 32.1. The lowest BCUT2D eigenvalue weighted by atomic mass is 10.2. The number of thiocarbonyl (C=S) groups is 1. The lowest BCUT2D eigenvalue weighted by Crippen LogP contribution is -2.30. The molecule has 0 bridgehead atoms. The van der Waals surface area contributed by atoms with Gasteiger partial charge in [-0.25, -0.2) is 4.39 Å². The van der Waals surface area contributed by atoms with Gasteiger partial charge >= 0.3 is 0 Å². The Kier molecular flexibility index (Phi) is 6.41. The van der Waals surface area contributed by atoms with Crippen LogP contribution in [0.2, 0.25) is 0 Å². The van der Waals surface area contributed by atoms with Crippen molar-refractivity contribution in [2.24, 2.45) is 0 Å². The van der Waals surface area contributed by atoms with Crippen LogP contribution in [0, 0.1) is 26.6 Å². The molecule has 0 aliphatic rings. The topological polar surface area (TPSA) is 59.7 Å². The van der Waals surface area contributed by atoms with Gasteiger partial charge in [0, 0.05) is 25.0 Å². The molecule has 0 amide bonds. The maximum absolute atomic E-state index is 13.1. The van der Waals surface area contributed by atoms with Crippen LogP contribution in [0.1, 0.15) is 29.1 Å².